The lowest BCUT2D eigenvalue weighted by atomic mass is 9.75. The summed E-state index contributed by atoms with van der Waals surface area (Å²) in [6, 6.07) is 11.3. The van der Waals surface area contributed by atoms with E-state index in [0.29, 0.717) is 18.7 Å². The first-order valence-corrected chi connectivity index (χ1v) is 5.74. The predicted octanol–water partition coefficient (Wildman–Crippen LogP) is 3.06. The molecular weight excluding hydrogens is 222 g/mol. The van der Waals surface area contributed by atoms with Crippen molar-refractivity contribution in [3.05, 3.63) is 35.9 Å². The lowest BCUT2D eigenvalue weighted by Crippen LogP contribution is -2.32. The molecule has 0 spiro atoms. The number of ketones is 1. The average molecular weight is 236 g/mol. The Labute approximate surface area is 101 Å². The number of carbonyl (C=O) groups excluding carboxylic acids is 1. The fourth-order valence-corrected chi connectivity index (χ4v) is 1.91. The topological polar surface area (TPSA) is 40.9 Å². The maximum atomic E-state index is 11.7. The number of Topliss-reactive ketones (excluding diaryl/α,β-unsaturated/α-hetero) is 1. The van der Waals surface area contributed by atoms with Crippen LogP contribution in [0.2, 0.25) is 0 Å². The largest absolute Gasteiger partial charge is 0.298 e. The van der Waals surface area contributed by atoms with Crippen LogP contribution >= 0.6 is 11.6 Å². The summed E-state index contributed by atoms with van der Waals surface area (Å²) in [7, 11) is 0. The van der Waals surface area contributed by atoms with E-state index in [2.05, 4.69) is 6.07 Å². The summed E-state index contributed by atoms with van der Waals surface area (Å²) in [5, 5.41) is 9.31. The van der Waals surface area contributed by atoms with E-state index in [0.717, 1.165) is 5.56 Å². The molecule has 0 aliphatic carbocycles. The molecule has 1 aromatic carbocycles. The zero-order valence-corrected chi connectivity index (χ0v) is 10.00. The molecule has 1 rings (SSSR count). The summed E-state index contributed by atoms with van der Waals surface area (Å²) in [5.41, 5.74) is -0.272. The molecule has 2 nitrogen and oxygen atoms in total. The first kappa shape index (κ1) is 12.7. The van der Waals surface area contributed by atoms with E-state index in [1.54, 1.807) is 0 Å². The number of halogens is 1. The molecule has 0 radical (unpaired) electrons. The normalized spacial score (nSPS) is 13.8. The van der Waals surface area contributed by atoms with Crippen LogP contribution in [0.5, 0.6) is 0 Å². The molecule has 0 bridgehead atoms. The van der Waals surface area contributed by atoms with Gasteiger partial charge in [0.05, 0.1) is 6.07 Å². The van der Waals surface area contributed by atoms with Gasteiger partial charge in [-0.2, -0.15) is 5.26 Å². The first-order chi connectivity index (χ1) is 7.67. The third kappa shape index (κ3) is 2.43. The van der Waals surface area contributed by atoms with Crippen molar-refractivity contribution in [3.63, 3.8) is 0 Å². The van der Waals surface area contributed by atoms with Crippen molar-refractivity contribution in [2.45, 2.75) is 25.2 Å². The molecule has 0 aliphatic rings. The van der Waals surface area contributed by atoms with Crippen LogP contribution in [0.15, 0.2) is 30.3 Å². The summed E-state index contributed by atoms with van der Waals surface area (Å²) in [6.07, 6.45) is 1.13. The third-order valence-electron chi connectivity index (χ3n) is 2.74. The number of nitriles is 1. The Bertz CT molecular complexity index is 396. The number of hydrogen-bond acceptors (Lipinski definition) is 2. The zero-order valence-electron chi connectivity index (χ0n) is 9.24. The Morgan fingerprint density at radius 1 is 1.44 bits per heavy atom. The van der Waals surface area contributed by atoms with Gasteiger partial charge in [0.25, 0.3) is 0 Å². The van der Waals surface area contributed by atoms with Crippen molar-refractivity contribution in [1.82, 2.24) is 0 Å². The highest BCUT2D eigenvalue weighted by Gasteiger charge is 2.36. The van der Waals surface area contributed by atoms with Crippen LogP contribution < -0.4 is 0 Å². The molecule has 0 saturated heterocycles. The van der Waals surface area contributed by atoms with Crippen LogP contribution in [-0.2, 0) is 10.2 Å². The monoisotopic (exact) mass is 235 g/mol. The number of alkyl halides is 1. The van der Waals surface area contributed by atoms with Gasteiger partial charge in [-0.05, 0) is 25.3 Å². The Morgan fingerprint density at radius 2 is 2.06 bits per heavy atom. The lowest BCUT2D eigenvalue weighted by Gasteiger charge is -2.23. The first-order valence-electron chi connectivity index (χ1n) is 5.21. The Morgan fingerprint density at radius 3 is 2.50 bits per heavy atom. The fourth-order valence-electron chi connectivity index (χ4n) is 1.78. The van der Waals surface area contributed by atoms with Crippen molar-refractivity contribution in [2.75, 3.05) is 5.88 Å². The van der Waals surface area contributed by atoms with E-state index in [1.807, 2.05) is 30.3 Å². The third-order valence-corrected chi connectivity index (χ3v) is 3.01. The highest BCUT2D eigenvalue weighted by atomic mass is 35.5. The minimum Gasteiger partial charge on any atom is -0.298 e. The standard InChI is InChI=1S/C13H14ClNO/c1-11(16)13(10-15,8-5-9-14)12-6-3-2-4-7-12/h2-4,6-7H,5,8-9H2,1H3. The number of benzene rings is 1. The van der Waals surface area contributed by atoms with Crippen molar-refractivity contribution in [1.29, 1.82) is 5.26 Å². The Balaban J connectivity index is 3.14. The van der Waals surface area contributed by atoms with Crippen LogP contribution in [0.25, 0.3) is 0 Å². The molecule has 0 amide bonds. The van der Waals surface area contributed by atoms with Gasteiger partial charge in [-0.25, -0.2) is 0 Å². The summed E-state index contributed by atoms with van der Waals surface area (Å²) >= 11 is 5.64. The minimum absolute atomic E-state index is 0.119. The molecule has 1 aromatic rings. The quantitative estimate of drug-likeness (QED) is 0.736. The molecule has 0 saturated carbocycles. The van der Waals surface area contributed by atoms with Crippen LogP contribution in [0.3, 0.4) is 0 Å². The SMILES string of the molecule is CC(=O)C(C#N)(CCCCl)c1ccccc1. The van der Waals surface area contributed by atoms with Gasteiger partial charge in [0.2, 0.25) is 0 Å². The molecule has 16 heavy (non-hydrogen) atoms. The van der Waals surface area contributed by atoms with E-state index in [-0.39, 0.29) is 5.78 Å². The lowest BCUT2D eigenvalue weighted by molar-refractivity contribution is -0.120. The van der Waals surface area contributed by atoms with Gasteiger partial charge < -0.3 is 0 Å². The van der Waals surface area contributed by atoms with E-state index in [9.17, 15) is 10.1 Å². The van der Waals surface area contributed by atoms with Gasteiger partial charge in [0, 0.05) is 5.88 Å². The van der Waals surface area contributed by atoms with Gasteiger partial charge >= 0.3 is 0 Å². The molecule has 0 aromatic heterocycles. The van der Waals surface area contributed by atoms with Crippen LogP contribution in [0.1, 0.15) is 25.3 Å². The average Bonchev–Trinajstić information content (AvgIpc) is 2.31. The van der Waals surface area contributed by atoms with Crippen LogP contribution in [0.4, 0.5) is 0 Å². The maximum Gasteiger partial charge on any atom is 0.154 e. The van der Waals surface area contributed by atoms with Crippen LogP contribution in [0, 0.1) is 11.3 Å². The van der Waals surface area contributed by atoms with Crippen molar-refractivity contribution >= 4 is 17.4 Å². The molecule has 84 valence electrons. The highest BCUT2D eigenvalue weighted by molar-refractivity contribution is 6.17. The Hall–Kier alpha value is -1.33. The summed E-state index contributed by atoms with van der Waals surface area (Å²) in [4.78, 5) is 11.7. The van der Waals surface area contributed by atoms with E-state index < -0.39 is 5.41 Å². The van der Waals surface area contributed by atoms with Crippen molar-refractivity contribution in [3.8, 4) is 6.07 Å². The number of carbonyl (C=O) groups is 1. The molecule has 0 fully saturated rings. The summed E-state index contributed by atoms with van der Waals surface area (Å²) in [6.45, 7) is 1.46. The zero-order chi connectivity index (χ0) is 12.0. The molecule has 0 N–H and O–H groups in total. The van der Waals surface area contributed by atoms with E-state index in [1.165, 1.54) is 6.92 Å². The van der Waals surface area contributed by atoms with Crippen molar-refractivity contribution in [2.24, 2.45) is 0 Å². The van der Waals surface area contributed by atoms with Gasteiger partial charge in [0.1, 0.15) is 5.41 Å². The summed E-state index contributed by atoms with van der Waals surface area (Å²) in [5.74, 6) is 0.343. The Kier molecular flexibility index (Phi) is 4.52. The highest BCUT2D eigenvalue weighted by Crippen LogP contribution is 2.30. The summed E-state index contributed by atoms with van der Waals surface area (Å²) < 4.78 is 0. The number of hydrogen-bond donors (Lipinski definition) is 0. The second kappa shape index (κ2) is 5.67. The fraction of sp³-hybridized carbons (Fsp3) is 0.385. The van der Waals surface area contributed by atoms with Crippen LogP contribution in [-0.4, -0.2) is 11.7 Å². The molecule has 1 atom stereocenters. The number of rotatable bonds is 5. The second-order valence-electron chi connectivity index (χ2n) is 3.73. The molecule has 0 heterocycles. The smallest absolute Gasteiger partial charge is 0.154 e. The van der Waals surface area contributed by atoms with Gasteiger partial charge in [0.15, 0.2) is 5.78 Å². The second-order valence-corrected chi connectivity index (χ2v) is 4.11. The molecule has 1 unspecified atom stereocenters. The van der Waals surface area contributed by atoms with Crippen molar-refractivity contribution < 1.29 is 4.79 Å². The predicted molar refractivity (Wildman–Crippen MR) is 64.4 cm³/mol. The van der Waals surface area contributed by atoms with Gasteiger partial charge in [-0.3, -0.25) is 4.79 Å². The minimum atomic E-state index is -1.03. The van der Waals surface area contributed by atoms with E-state index in [4.69, 9.17) is 11.6 Å². The molecule has 0 aliphatic heterocycles. The van der Waals surface area contributed by atoms with Gasteiger partial charge in [-0.15, -0.1) is 11.6 Å². The molecular formula is C13H14ClNO. The molecule has 3 heteroatoms. The number of nitrogens with zero attached hydrogens (tertiary/aromatic N) is 1. The van der Waals surface area contributed by atoms with E-state index >= 15 is 0 Å². The maximum absolute atomic E-state index is 11.7. The van der Waals surface area contributed by atoms with Gasteiger partial charge in [-0.1, -0.05) is 30.3 Å².